The van der Waals surface area contributed by atoms with E-state index in [-0.39, 0.29) is 11.7 Å². The first kappa shape index (κ1) is 16.8. The third kappa shape index (κ3) is 3.63. The molecular formula is C17H17FN6OS. The number of rotatable bonds is 4. The molecule has 0 bridgehead atoms. The third-order valence-electron chi connectivity index (χ3n) is 4.27. The molecule has 9 heteroatoms. The monoisotopic (exact) mass is 372 g/mol. The van der Waals surface area contributed by atoms with Crippen molar-refractivity contribution < 1.29 is 9.18 Å². The largest absolute Gasteiger partial charge is 0.335 e. The highest BCUT2D eigenvalue weighted by Crippen LogP contribution is 2.15. The van der Waals surface area contributed by atoms with Crippen LogP contribution < -0.4 is 0 Å². The van der Waals surface area contributed by atoms with Crippen molar-refractivity contribution in [3.8, 4) is 11.4 Å². The fraction of sp³-hybridized carbons (Fsp3) is 0.294. The van der Waals surface area contributed by atoms with Crippen molar-refractivity contribution in [3.05, 3.63) is 52.5 Å². The van der Waals surface area contributed by atoms with Gasteiger partial charge in [-0.25, -0.2) is 4.39 Å². The highest BCUT2D eigenvalue weighted by Gasteiger charge is 2.23. The zero-order valence-corrected chi connectivity index (χ0v) is 14.8. The number of benzene rings is 1. The summed E-state index contributed by atoms with van der Waals surface area (Å²) in [6.07, 6.45) is 0. The number of halogens is 1. The molecule has 0 unspecified atom stereocenters. The number of tetrazole rings is 1. The van der Waals surface area contributed by atoms with Crippen LogP contribution in [0.3, 0.4) is 0 Å². The predicted octanol–water partition coefficient (Wildman–Crippen LogP) is 1.96. The summed E-state index contributed by atoms with van der Waals surface area (Å²) in [6.45, 7) is 3.37. The summed E-state index contributed by atoms with van der Waals surface area (Å²) in [7, 11) is 0. The summed E-state index contributed by atoms with van der Waals surface area (Å²) in [5.41, 5.74) is 0.726. The SMILES string of the molecule is O=C(c1cccs1)N1CCN(Cn2nnc(-c3ccc(F)cc3)n2)CC1. The van der Waals surface area contributed by atoms with Gasteiger partial charge in [0.1, 0.15) is 12.5 Å². The second-order valence-corrected chi connectivity index (χ2v) is 6.97. The first-order valence-electron chi connectivity index (χ1n) is 8.28. The van der Waals surface area contributed by atoms with E-state index in [0.717, 1.165) is 23.5 Å². The maximum Gasteiger partial charge on any atom is 0.264 e. The predicted molar refractivity (Wildman–Crippen MR) is 95.0 cm³/mol. The molecule has 2 aromatic heterocycles. The lowest BCUT2D eigenvalue weighted by molar-refractivity contribution is 0.0579. The molecule has 0 N–H and O–H groups in total. The van der Waals surface area contributed by atoms with Gasteiger partial charge in [-0.15, -0.1) is 26.3 Å². The molecule has 1 aliphatic heterocycles. The Kier molecular flexibility index (Phi) is 4.72. The van der Waals surface area contributed by atoms with Crippen LogP contribution in [0.2, 0.25) is 0 Å². The van der Waals surface area contributed by atoms with Crippen molar-refractivity contribution in [1.29, 1.82) is 0 Å². The van der Waals surface area contributed by atoms with Gasteiger partial charge in [0, 0.05) is 31.7 Å². The number of hydrogen-bond acceptors (Lipinski definition) is 6. The average Bonchev–Trinajstić information content (AvgIpc) is 3.35. The zero-order chi connectivity index (χ0) is 17.9. The Morgan fingerprint density at radius 1 is 1.12 bits per heavy atom. The first-order chi connectivity index (χ1) is 12.7. The van der Waals surface area contributed by atoms with Crippen LogP contribution in [-0.2, 0) is 6.67 Å². The van der Waals surface area contributed by atoms with E-state index in [2.05, 4.69) is 20.3 Å². The van der Waals surface area contributed by atoms with E-state index >= 15 is 0 Å². The van der Waals surface area contributed by atoms with Gasteiger partial charge >= 0.3 is 0 Å². The van der Waals surface area contributed by atoms with Crippen molar-refractivity contribution >= 4 is 17.2 Å². The van der Waals surface area contributed by atoms with Crippen molar-refractivity contribution in [3.63, 3.8) is 0 Å². The number of hydrogen-bond donors (Lipinski definition) is 0. The minimum Gasteiger partial charge on any atom is -0.335 e. The highest BCUT2D eigenvalue weighted by atomic mass is 32.1. The van der Waals surface area contributed by atoms with Gasteiger partial charge in [0.05, 0.1) is 4.88 Å². The molecule has 7 nitrogen and oxygen atoms in total. The van der Waals surface area contributed by atoms with Crippen molar-refractivity contribution in [1.82, 2.24) is 30.0 Å². The average molecular weight is 372 g/mol. The summed E-state index contributed by atoms with van der Waals surface area (Å²) >= 11 is 1.47. The molecule has 0 atom stereocenters. The Balaban J connectivity index is 1.33. The molecule has 0 saturated carbocycles. The van der Waals surface area contributed by atoms with Gasteiger partial charge < -0.3 is 4.90 Å². The molecule has 26 heavy (non-hydrogen) atoms. The summed E-state index contributed by atoms with van der Waals surface area (Å²) < 4.78 is 13.0. The molecule has 4 rings (SSSR count). The smallest absolute Gasteiger partial charge is 0.264 e. The lowest BCUT2D eigenvalue weighted by atomic mass is 10.2. The molecule has 1 amide bonds. The molecule has 0 spiro atoms. The fourth-order valence-corrected chi connectivity index (χ4v) is 3.54. The summed E-state index contributed by atoms with van der Waals surface area (Å²) in [6, 6.07) is 9.76. The quantitative estimate of drug-likeness (QED) is 0.700. The summed E-state index contributed by atoms with van der Waals surface area (Å²) in [4.78, 5) is 18.7. The van der Waals surface area contributed by atoms with Crippen molar-refractivity contribution in [2.45, 2.75) is 6.67 Å². The van der Waals surface area contributed by atoms with Crippen molar-refractivity contribution in [2.24, 2.45) is 0 Å². The molecule has 0 radical (unpaired) electrons. The van der Waals surface area contributed by atoms with Gasteiger partial charge in [-0.05, 0) is 40.9 Å². The molecule has 3 heterocycles. The van der Waals surface area contributed by atoms with E-state index < -0.39 is 0 Å². The van der Waals surface area contributed by atoms with E-state index in [1.165, 1.54) is 28.3 Å². The Bertz CT molecular complexity index is 871. The van der Waals surface area contributed by atoms with E-state index in [9.17, 15) is 9.18 Å². The van der Waals surface area contributed by atoms with Gasteiger partial charge in [0.25, 0.3) is 5.91 Å². The molecular weight excluding hydrogens is 355 g/mol. The topological polar surface area (TPSA) is 67.2 Å². The van der Waals surface area contributed by atoms with Gasteiger partial charge in [0.15, 0.2) is 0 Å². The lowest BCUT2D eigenvalue weighted by Gasteiger charge is -2.33. The Labute approximate surface area is 153 Å². The molecule has 0 aliphatic carbocycles. The summed E-state index contributed by atoms with van der Waals surface area (Å²) in [5, 5.41) is 14.4. The molecule has 1 aliphatic rings. The number of amides is 1. The maximum absolute atomic E-state index is 13.0. The van der Waals surface area contributed by atoms with Gasteiger partial charge in [-0.2, -0.15) is 0 Å². The Hall–Kier alpha value is -2.65. The second kappa shape index (κ2) is 7.30. The number of aromatic nitrogens is 4. The molecule has 1 saturated heterocycles. The second-order valence-electron chi connectivity index (χ2n) is 6.02. The number of piperazine rings is 1. The van der Waals surface area contributed by atoms with Gasteiger partial charge in [-0.3, -0.25) is 9.69 Å². The van der Waals surface area contributed by atoms with E-state index in [4.69, 9.17) is 0 Å². The minimum atomic E-state index is -0.295. The Morgan fingerprint density at radius 2 is 1.88 bits per heavy atom. The van der Waals surface area contributed by atoms with Crippen LogP contribution in [0, 0.1) is 5.82 Å². The van der Waals surface area contributed by atoms with Crippen LogP contribution in [0.1, 0.15) is 9.67 Å². The normalized spacial score (nSPS) is 15.3. The number of carbonyl (C=O) groups excluding carboxylic acids is 1. The van der Waals surface area contributed by atoms with Crippen LogP contribution in [0.25, 0.3) is 11.4 Å². The standard InChI is InChI=1S/C17H17FN6OS/c18-14-5-3-13(4-6-14)16-19-21-24(20-16)12-22-7-9-23(10-8-22)17(25)15-2-1-11-26-15/h1-6,11H,7-10,12H2. The molecule has 1 aromatic carbocycles. The van der Waals surface area contributed by atoms with E-state index in [0.29, 0.717) is 25.6 Å². The van der Waals surface area contributed by atoms with Crippen molar-refractivity contribution in [2.75, 3.05) is 26.2 Å². The molecule has 1 fully saturated rings. The number of thiophene rings is 1. The number of carbonyl (C=O) groups is 1. The molecule has 134 valence electrons. The van der Waals surface area contributed by atoms with Crippen LogP contribution in [-0.4, -0.2) is 62.1 Å². The lowest BCUT2D eigenvalue weighted by Crippen LogP contribution is -2.49. The van der Waals surface area contributed by atoms with Crippen LogP contribution in [0.15, 0.2) is 41.8 Å². The Morgan fingerprint density at radius 3 is 2.58 bits per heavy atom. The first-order valence-corrected chi connectivity index (χ1v) is 9.16. The zero-order valence-electron chi connectivity index (χ0n) is 14.0. The minimum absolute atomic E-state index is 0.0946. The van der Waals surface area contributed by atoms with Crippen LogP contribution in [0.5, 0.6) is 0 Å². The van der Waals surface area contributed by atoms with Gasteiger partial charge in [0.2, 0.25) is 5.82 Å². The summed E-state index contributed by atoms with van der Waals surface area (Å²) in [5.74, 6) is 0.268. The molecule has 3 aromatic rings. The van der Waals surface area contributed by atoms with Gasteiger partial charge in [-0.1, -0.05) is 6.07 Å². The maximum atomic E-state index is 13.0. The fourth-order valence-electron chi connectivity index (χ4n) is 2.85. The highest BCUT2D eigenvalue weighted by molar-refractivity contribution is 7.12. The van der Waals surface area contributed by atoms with E-state index in [1.807, 2.05) is 22.4 Å². The van der Waals surface area contributed by atoms with E-state index in [1.54, 1.807) is 12.1 Å². The third-order valence-corrected chi connectivity index (χ3v) is 5.13. The van der Waals surface area contributed by atoms with Crippen LogP contribution in [0.4, 0.5) is 4.39 Å². The number of nitrogens with zero attached hydrogens (tertiary/aromatic N) is 6. The van der Waals surface area contributed by atoms with Crippen LogP contribution >= 0.6 is 11.3 Å².